The average molecular weight is 208 g/mol. The molecule has 0 spiro atoms. The van der Waals surface area contributed by atoms with Crippen LogP contribution < -0.4 is 5.32 Å². The van der Waals surface area contributed by atoms with E-state index >= 15 is 0 Å². The molecule has 1 N–H and O–H groups in total. The Labute approximate surface area is 91.4 Å². The summed E-state index contributed by atoms with van der Waals surface area (Å²) in [7, 11) is 2.15. The summed E-state index contributed by atoms with van der Waals surface area (Å²) >= 11 is 0. The van der Waals surface area contributed by atoms with Crippen molar-refractivity contribution in [2.24, 2.45) is 0 Å². The van der Waals surface area contributed by atoms with E-state index in [0.717, 1.165) is 25.4 Å². The third-order valence-electron chi connectivity index (χ3n) is 3.08. The molecule has 1 aromatic rings. The van der Waals surface area contributed by atoms with Gasteiger partial charge in [-0.15, -0.1) is 0 Å². The minimum atomic E-state index is 0.293. The molecule has 0 aliphatic carbocycles. The van der Waals surface area contributed by atoms with Crippen molar-refractivity contribution in [3.63, 3.8) is 0 Å². The van der Waals surface area contributed by atoms with Gasteiger partial charge in [-0.3, -0.25) is 4.90 Å². The number of hydrogen-bond acceptors (Lipinski definition) is 3. The SMILES string of the molecule is CN(Cc1ccco1)CC1(C)CCCN1. The van der Waals surface area contributed by atoms with Crippen LogP contribution in [0.15, 0.2) is 22.8 Å². The second kappa shape index (κ2) is 4.37. The van der Waals surface area contributed by atoms with Crippen molar-refractivity contribution < 1.29 is 4.42 Å². The van der Waals surface area contributed by atoms with Crippen LogP contribution in [0, 0.1) is 0 Å². The van der Waals surface area contributed by atoms with Crippen molar-refractivity contribution in [3.05, 3.63) is 24.2 Å². The summed E-state index contributed by atoms with van der Waals surface area (Å²) in [6.45, 7) is 5.43. The first kappa shape index (κ1) is 10.7. The van der Waals surface area contributed by atoms with Crippen LogP contribution in [-0.2, 0) is 6.54 Å². The first-order valence-corrected chi connectivity index (χ1v) is 5.64. The Kier molecular flexibility index (Phi) is 3.12. The van der Waals surface area contributed by atoms with Crippen LogP contribution in [0.3, 0.4) is 0 Å². The van der Waals surface area contributed by atoms with Gasteiger partial charge >= 0.3 is 0 Å². The number of likely N-dealkylation sites (N-methyl/N-ethyl adjacent to an activating group) is 1. The highest BCUT2D eigenvalue weighted by Crippen LogP contribution is 2.20. The molecule has 1 saturated heterocycles. The highest BCUT2D eigenvalue weighted by molar-refractivity contribution is 4.99. The summed E-state index contributed by atoms with van der Waals surface area (Å²) in [5.41, 5.74) is 0.293. The minimum absolute atomic E-state index is 0.293. The van der Waals surface area contributed by atoms with Crippen molar-refractivity contribution in [3.8, 4) is 0 Å². The van der Waals surface area contributed by atoms with Gasteiger partial charge in [0.05, 0.1) is 12.8 Å². The van der Waals surface area contributed by atoms with E-state index in [1.807, 2.05) is 12.1 Å². The van der Waals surface area contributed by atoms with E-state index in [4.69, 9.17) is 4.42 Å². The van der Waals surface area contributed by atoms with Gasteiger partial charge in [0.2, 0.25) is 0 Å². The lowest BCUT2D eigenvalue weighted by atomic mass is 10.00. The fourth-order valence-corrected chi connectivity index (χ4v) is 2.41. The maximum absolute atomic E-state index is 5.34. The molecule has 1 fully saturated rings. The molecule has 1 unspecified atom stereocenters. The third-order valence-corrected chi connectivity index (χ3v) is 3.08. The van der Waals surface area contributed by atoms with E-state index in [2.05, 4.69) is 24.2 Å². The molecule has 0 amide bonds. The first-order chi connectivity index (χ1) is 7.18. The van der Waals surface area contributed by atoms with Crippen LogP contribution >= 0.6 is 0 Å². The second-order valence-corrected chi connectivity index (χ2v) is 4.84. The summed E-state index contributed by atoms with van der Waals surface area (Å²) in [4.78, 5) is 2.32. The molecule has 3 nitrogen and oxygen atoms in total. The lowest BCUT2D eigenvalue weighted by Gasteiger charge is -2.29. The maximum atomic E-state index is 5.34. The number of nitrogens with one attached hydrogen (secondary N) is 1. The van der Waals surface area contributed by atoms with Gasteiger partial charge in [-0.1, -0.05) is 0 Å². The van der Waals surface area contributed by atoms with Gasteiger partial charge in [-0.05, 0) is 45.5 Å². The molecule has 1 aromatic heterocycles. The summed E-state index contributed by atoms with van der Waals surface area (Å²) in [6, 6.07) is 3.97. The van der Waals surface area contributed by atoms with E-state index in [9.17, 15) is 0 Å². The van der Waals surface area contributed by atoms with E-state index < -0.39 is 0 Å². The molecule has 0 aromatic carbocycles. The predicted octanol–water partition coefficient (Wildman–Crippen LogP) is 1.85. The summed E-state index contributed by atoms with van der Waals surface area (Å²) in [5, 5.41) is 3.57. The molecule has 0 radical (unpaired) electrons. The van der Waals surface area contributed by atoms with E-state index in [1.54, 1.807) is 6.26 Å². The first-order valence-electron chi connectivity index (χ1n) is 5.64. The van der Waals surface area contributed by atoms with Gasteiger partial charge in [0, 0.05) is 12.1 Å². The van der Waals surface area contributed by atoms with Crippen molar-refractivity contribution in [2.75, 3.05) is 20.1 Å². The summed E-state index contributed by atoms with van der Waals surface area (Å²) < 4.78 is 5.34. The van der Waals surface area contributed by atoms with Crippen LogP contribution in [0.1, 0.15) is 25.5 Å². The Bertz CT molecular complexity index is 289. The highest BCUT2D eigenvalue weighted by atomic mass is 16.3. The molecule has 2 heterocycles. The molecule has 0 bridgehead atoms. The monoisotopic (exact) mass is 208 g/mol. The van der Waals surface area contributed by atoms with E-state index in [1.165, 1.54) is 12.8 Å². The normalized spacial score (nSPS) is 26.3. The molecule has 3 heteroatoms. The van der Waals surface area contributed by atoms with Gasteiger partial charge in [0.1, 0.15) is 5.76 Å². The van der Waals surface area contributed by atoms with Crippen LogP contribution in [-0.4, -0.2) is 30.6 Å². The Morgan fingerprint density at radius 2 is 2.47 bits per heavy atom. The molecule has 1 aliphatic rings. The molecule has 0 saturated carbocycles. The second-order valence-electron chi connectivity index (χ2n) is 4.84. The zero-order valence-electron chi connectivity index (χ0n) is 9.62. The van der Waals surface area contributed by atoms with Gasteiger partial charge in [-0.25, -0.2) is 0 Å². The molecule has 84 valence electrons. The third kappa shape index (κ3) is 2.83. The van der Waals surface area contributed by atoms with Crippen LogP contribution in [0.2, 0.25) is 0 Å². The summed E-state index contributed by atoms with van der Waals surface area (Å²) in [5.74, 6) is 1.04. The molecular weight excluding hydrogens is 188 g/mol. The van der Waals surface area contributed by atoms with Crippen molar-refractivity contribution in [1.29, 1.82) is 0 Å². The van der Waals surface area contributed by atoms with Crippen LogP contribution in [0.25, 0.3) is 0 Å². The number of hydrogen-bond donors (Lipinski definition) is 1. The van der Waals surface area contributed by atoms with Crippen molar-refractivity contribution in [1.82, 2.24) is 10.2 Å². The topological polar surface area (TPSA) is 28.4 Å². The molecular formula is C12H20N2O. The Hall–Kier alpha value is -0.800. The average Bonchev–Trinajstić information content (AvgIpc) is 2.76. The van der Waals surface area contributed by atoms with E-state index in [0.29, 0.717) is 5.54 Å². The van der Waals surface area contributed by atoms with Gasteiger partial charge in [-0.2, -0.15) is 0 Å². The fourth-order valence-electron chi connectivity index (χ4n) is 2.41. The van der Waals surface area contributed by atoms with Crippen LogP contribution in [0.5, 0.6) is 0 Å². The van der Waals surface area contributed by atoms with Gasteiger partial charge < -0.3 is 9.73 Å². The molecule has 1 aliphatic heterocycles. The number of nitrogens with zero attached hydrogens (tertiary/aromatic N) is 1. The predicted molar refractivity (Wildman–Crippen MR) is 60.7 cm³/mol. The number of rotatable bonds is 4. The summed E-state index contributed by atoms with van der Waals surface area (Å²) in [6.07, 6.45) is 4.30. The van der Waals surface area contributed by atoms with Crippen LogP contribution in [0.4, 0.5) is 0 Å². The zero-order chi connectivity index (χ0) is 10.7. The fraction of sp³-hybridized carbons (Fsp3) is 0.667. The molecule has 1 atom stereocenters. The van der Waals surface area contributed by atoms with Crippen molar-refractivity contribution in [2.45, 2.75) is 31.8 Å². The maximum Gasteiger partial charge on any atom is 0.117 e. The lowest BCUT2D eigenvalue weighted by molar-refractivity contribution is 0.220. The molecule has 15 heavy (non-hydrogen) atoms. The Morgan fingerprint density at radius 3 is 3.07 bits per heavy atom. The Morgan fingerprint density at radius 1 is 1.60 bits per heavy atom. The largest absolute Gasteiger partial charge is 0.468 e. The zero-order valence-corrected chi connectivity index (χ0v) is 9.62. The quantitative estimate of drug-likeness (QED) is 0.818. The standard InChI is InChI=1S/C12H20N2O/c1-12(6-4-7-13-12)10-14(2)9-11-5-3-8-15-11/h3,5,8,13H,4,6-7,9-10H2,1-2H3. The number of furan rings is 1. The minimum Gasteiger partial charge on any atom is -0.468 e. The molecule has 2 rings (SSSR count). The highest BCUT2D eigenvalue weighted by Gasteiger charge is 2.29. The van der Waals surface area contributed by atoms with E-state index in [-0.39, 0.29) is 0 Å². The van der Waals surface area contributed by atoms with Gasteiger partial charge in [0.15, 0.2) is 0 Å². The smallest absolute Gasteiger partial charge is 0.117 e. The van der Waals surface area contributed by atoms with Crippen molar-refractivity contribution >= 4 is 0 Å². The van der Waals surface area contributed by atoms with Gasteiger partial charge in [0.25, 0.3) is 0 Å². The Balaban J connectivity index is 1.84. The lowest BCUT2D eigenvalue weighted by Crippen LogP contribution is -2.46.